The number of rotatable bonds is 6. The third kappa shape index (κ3) is 2.73. The molecule has 0 aliphatic carbocycles. The maximum absolute atomic E-state index is 6.14. The van der Waals surface area contributed by atoms with E-state index >= 15 is 0 Å². The van der Waals surface area contributed by atoms with Crippen LogP contribution in [0.5, 0.6) is 0 Å². The molecule has 2 heteroatoms. The van der Waals surface area contributed by atoms with E-state index in [9.17, 15) is 0 Å². The number of nitrogens with two attached hydrogens (primary N) is 1. The summed E-state index contributed by atoms with van der Waals surface area (Å²) in [6.45, 7) is 10.8. The summed E-state index contributed by atoms with van der Waals surface area (Å²) in [4.78, 5) is 2.40. The molecule has 0 aromatic carbocycles. The van der Waals surface area contributed by atoms with Gasteiger partial charge < -0.3 is 5.73 Å². The van der Waals surface area contributed by atoms with Gasteiger partial charge in [-0.2, -0.15) is 0 Å². The van der Waals surface area contributed by atoms with E-state index in [1.165, 1.54) is 0 Å². The summed E-state index contributed by atoms with van der Waals surface area (Å²) in [6, 6.07) is 0.0670. The molecule has 0 amide bonds. The zero-order chi connectivity index (χ0) is 11.2. The molecule has 2 unspecified atom stereocenters. The normalized spacial score (nSPS) is 17.5. The van der Waals surface area contributed by atoms with E-state index in [1.54, 1.807) is 0 Å². The van der Waals surface area contributed by atoms with Gasteiger partial charge in [-0.15, -0.1) is 12.3 Å². The van der Waals surface area contributed by atoms with E-state index in [0.29, 0.717) is 6.42 Å². The van der Waals surface area contributed by atoms with Gasteiger partial charge in [-0.05, 0) is 26.4 Å². The third-order valence-electron chi connectivity index (χ3n) is 3.34. The lowest BCUT2D eigenvalue weighted by Crippen LogP contribution is -2.57. The minimum Gasteiger partial charge on any atom is -0.325 e. The Morgan fingerprint density at radius 1 is 1.36 bits per heavy atom. The van der Waals surface area contributed by atoms with Crippen molar-refractivity contribution in [3.05, 3.63) is 0 Å². The van der Waals surface area contributed by atoms with Crippen LogP contribution in [0.15, 0.2) is 0 Å². The first-order valence-corrected chi connectivity index (χ1v) is 5.50. The highest BCUT2D eigenvalue weighted by Crippen LogP contribution is 2.23. The van der Waals surface area contributed by atoms with Gasteiger partial charge >= 0.3 is 0 Å². The van der Waals surface area contributed by atoms with Crippen molar-refractivity contribution in [1.82, 2.24) is 4.90 Å². The van der Waals surface area contributed by atoms with E-state index in [0.717, 1.165) is 19.5 Å². The Labute approximate surface area is 88.9 Å². The molecule has 0 bridgehead atoms. The van der Waals surface area contributed by atoms with Crippen LogP contribution in [0.3, 0.4) is 0 Å². The quantitative estimate of drug-likeness (QED) is 0.657. The van der Waals surface area contributed by atoms with Crippen LogP contribution in [0.4, 0.5) is 0 Å². The summed E-state index contributed by atoms with van der Waals surface area (Å²) < 4.78 is 0. The van der Waals surface area contributed by atoms with Crippen molar-refractivity contribution in [1.29, 1.82) is 0 Å². The lowest BCUT2D eigenvalue weighted by molar-refractivity contribution is 0.0861. The van der Waals surface area contributed by atoms with E-state index in [2.05, 4.69) is 38.5 Å². The maximum atomic E-state index is 6.14. The molecule has 2 atom stereocenters. The molecule has 0 fully saturated rings. The lowest BCUT2D eigenvalue weighted by Gasteiger charge is -2.43. The van der Waals surface area contributed by atoms with Crippen LogP contribution in [-0.4, -0.2) is 29.6 Å². The average Bonchev–Trinajstić information content (AvgIpc) is 2.19. The van der Waals surface area contributed by atoms with Crippen LogP contribution in [0.25, 0.3) is 0 Å². The van der Waals surface area contributed by atoms with Gasteiger partial charge in [0.1, 0.15) is 0 Å². The summed E-state index contributed by atoms with van der Waals surface area (Å²) >= 11 is 0. The maximum Gasteiger partial charge on any atom is 0.0338 e. The third-order valence-corrected chi connectivity index (χ3v) is 3.34. The first-order valence-electron chi connectivity index (χ1n) is 5.50. The van der Waals surface area contributed by atoms with Gasteiger partial charge in [0.05, 0.1) is 0 Å². The highest BCUT2D eigenvalue weighted by Gasteiger charge is 2.33. The molecular weight excluding hydrogens is 172 g/mol. The van der Waals surface area contributed by atoms with Gasteiger partial charge in [-0.1, -0.05) is 20.8 Å². The molecule has 0 saturated carbocycles. The molecule has 2 N–H and O–H groups in total. The minimum absolute atomic E-state index is 0.0376. The van der Waals surface area contributed by atoms with Crippen LogP contribution < -0.4 is 5.73 Å². The molecule has 0 aromatic heterocycles. The monoisotopic (exact) mass is 196 g/mol. The Morgan fingerprint density at radius 2 is 1.86 bits per heavy atom. The molecule has 14 heavy (non-hydrogen) atoms. The zero-order valence-corrected chi connectivity index (χ0v) is 10.0. The van der Waals surface area contributed by atoms with Gasteiger partial charge in [0.2, 0.25) is 0 Å². The van der Waals surface area contributed by atoms with Crippen LogP contribution in [0, 0.1) is 12.3 Å². The molecule has 0 aliphatic rings. The molecule has 82 valence electrons. The van der Waals surface area contributed by atoms with Gasteiger partial charge in [-0.3, -0.25) is 4.90 Å². The summed E-state index contributed by atoms with van der Waals surface area (Å²) in [6.07, 6.45) is 7.01. The second kappa shape index (κ2) is 6.06. The Morgan fingerprint density at radius 3 is 2.14 bits per heavy atom. The fourth-order valence-corrected chi connectivity index (χ4v) is 2.01. The van der Waals surface area contributed by atoms with Crippen LogP contribution in [-0.2, 0) is 0 Å². The van der Waals surface area contributed by atoms with Gasteiger partial charge in [0, 0.05) is 18.0 Å². The van der Waals surface area contributed by atoms with E-state index in [1.807, 2.05) is 0 Å². The van der Waals surface area contributed by atoms with Crippen molar-refractivity contribution < 1.29 is 0 Å². The molecule has 0 rings (SSSR count). The molecule has 0 aliphatic heterocycles. The van der Waals surface area contributed by atoms with Gasteiger partial charge in [0.25, 0.3) is 0 Å². The Bertz CT molecular complexity index is 191. The molecular formula is C12H24N2. The molecule has 0 saturated heterocycles. The Balaban J connectivity index is 4.67. The Kier molecular flexibility index (Phi) is 5.83. The van der Waals surface area contributed by atoms with Gasteiger partial charge in [0.15, 0.2) is 0 Å². The largest absolute Gasteiger partial charge is 0.325 e. The van der Waals surface area contributed by atoms with Crippen LogP contribution in [0.2, 0.25) is 0 Å². The molecule has 0 radical (unpaired) electrons. The minimum atomic E-state index is 0.0376. The highest BCUT2D eigenvalue weighted by molar-refractivity contribution is 5.00. The van der Waals surface area contributed by atoms with Crippen LogP contribution >= 0.6 is 0 Å². The van der Waals surface area contributed by atoms with E-state index in [-0.39, 0.29) is 11.6 Å². The number of likely N-dealkylation sites (N-methyl/N-ethyl adjacent to an activating group) is 1. The first-order chi connectivity index (χ1) is 6.56. The van der Waals surface area contributed by atoms with Crippen molar-refractivity contribution in [3.8, 4) is 12.3 Å². The zero-order valence-electron chi connectivity index (χ0n) is 10.0. The lowest BCUT2D eigenvalue weighted by atomic mass is 9.86. The molecule has 0 spiro atoms. The second-order valence-corrected chi connectivity index (χ2v) is 3.90. The van der Waals surface area contributed by atoms with Crippen molar-refractivity contribution in [3.63, 3.8) is 0 Å². The summed E-state index contributed by atoms with van der Waals surface area (Å²) in [7, 11) is 0. The van der Waals surface area contributed by atoms with Gasteiger partial charge in [-0.25, -0.2) is 0 Å². The summed E-state index contributed by atoms with van der Waals surface area (Å²) in [5.74, 6) is 2.66. The second-order valence-electron chi connectivity index (χ2n) is 3.90. The van der Waals surface area contributed by atoms with Crippen molar-refractivity contribution in [2.45, 2.75) is 52.1 Å². The predicted molar refractivity (Wildman–Crippen MR) is 63.0 cm³/mol. The first kappa shape index (κ1) is 13.5. The fourth-order valence-electron chi connectivity index (χ4n) is 2.01. The van der Waals surface area contributed by atoms with Crippen molar-refractivity contribution >= 4 is 0 Å². The summed E-state index contributed by atoms with van der Waals surface area (Å²) in [5.41, 5.74) is 6.18. The van der Waals surface area contributed by atoms with E-state index < -0.39 is 0 Å². The highest BCUT2D eigenvalue weighted by atomic mass is 15.2. The Hall–Kier alpha value is -0.520. The topological polar surface area (TPSA) is 29.3 Å². The van der Waals surface area contributed by atoms with Crippen molar-refractivity contribution in [2.24, 2.45) is 5.73 Å². The molecule has 0 aromatic rings. The average molecular weight is 196 g/mol. The van der Waals surface area contributed by atoms with Crippen LogP contribution in [0.1, 0.15) is 40.5 Å². The number of terminal acetylenes is 1. The number of hydrogen-bond donors (Lipinski definition) is 1. The number of nitrogens with zero attached hydrogens (tertiary/aromatic N) is 1. The number of hydrogen-bond acceptors (Lipinski definition) is 2. The van der Waals surface area contributed by atoms with E-state index in [4.69, 9.17) is 12.2 Å². The SMILES string of the molecule is C#CCC(N)C(C)(CC)N(CC)CC. The predicted octanol–water partition coefficient (Wildman–Crippen LogP) is 1.85. The fraction of sp³-hybridized carbons (Fsp3) is 0.833. The molecule has 2 nitrogen and oxygen atoms in total. The van der Waals surface area contributed by atoms with Crippen molar-refractivity contribution in [2.75, 3.05) is 13.1 Å². The standard InChI is InChI=1S/C12H24N2/c1-6-10-11(13)12(5,7-2)14(8-3)9-4/h1,11H,7-10,13H2,2-5H3. The molecule has 0 heterocycles. The summed E-state index contributed by atoms with van der Waals surface area (Å²) in [5, 5.41) is 0. The smallest absolute Gasteiger partial charge is 0.0338 e.